The molecule has 2 amide bonds. The zero-order valence-electron chi connectivity index (χ0n) is 15.3. The van der Waals surface area contributed by atoms with Crippen molar-refractivity contribution in [3.63, 3.8) is 0 Å². The van der Waals surface area contributed by atoms with E-state index in [-0.39, 0.29) is 5.91 Å². The van der Waals surface area contributed by atoms with Crippen molar-refractivity contribution in [3.05, 3.63) is 65.7 Å². The highest BCUT2D eigenvalue weighted by atomic mass is 16.8. The van der Waals surface area contributed by atoms with Crippen LogP contribution in [0.3, 0.4) is 0 Å². The van der Waals surface area contributed by atoms with Gasteiger partial charge < -0.3 is 4.74 Å². The molecule has 1 aliphatic rings. The maximum absolute atomic E-state index is 13.2. The van der Waals surface area contributed by atoms with Crippen LogP contribution in [0.2, 0.25) is 0 Å². The average Bonchev–Trinajstić information content (AvgIpc) is 2.71. The van der Waals surface area contributed by atoms with E-state index in [0.717, 1.165) is 5.17 Å². The van der Waals surface area contributed by atoms with Crippen LogP contribution in [0.1, 0.15) is 48.4 Å². The van der Waals surface area contributed by atoms with Gasteiger partial charge in [-0.15, -0.1) is 5.17 Å². The molecule has 6 nitrogen and oxygen atoms in total. The van der Waals surface area contributed by atoms with Crippen molar-refractivity contribution >= 4 is 11.8 Å². The lowest BCUT2D eigenvalue weighted by Gasteiger charge is -2.41. The molecule has 2 aromatic rings. The van der Waals surface area contributed by atoms with E-state index in [9.17, 15) is 9.59 Å². The Balaban J connectivity index is 2.06. The van der Waals surface area contributed by atoms with Crippen LogP contribution in [0.15, 0.2) is 54.6 Å². The van der Waals surface area contributed by atoms with E-state index in [1.165, 1.54) is 5.01 Å². The molecule has 0 N–H and O–H groups in total. The minimum Gasteiger partial charge on any atom is -0.462 e. The van der Waals surface area contributed by atoms with Gasteiger partial charge in [0.2, 0.25) is 6.29 Å². The number of hydrazine groups is 1. The maximum Gasteiger partial charge on any atom is 0.301 e. The molecule has 0 aromatic heterocycles. The van der Waals surface area contributed by atoms with E-state index in [1.54, 1.807) is 55.5 Å². The molecule has 0 saturated heterocycles. The molecule has 0 bridgehead atoms. The number of para-hydroxylation sites is 1. The fraction of sp³-hybridized carbons (Fsp3) is 0.300. The van der Waals surface area contributed by atoms with Crippen LogP contribution in [0.5, 0.6) is 5.75 Å². The third-order valence-corrected chi connectivity index (χ3v) is 3.86. The summed E-state index contributed by atoms with van der Waals surface area (Å²) in [5, 5.41) is 2.35. The van der Waals surface area contributed by atoms with Crippen LogP contribution in [-0.2, 0) is 4.84 Å². The Kier molecular flexibility index (Phi) is 4.70. The second-order valence-electron chi connectivity index (χ2n) is 7.02. The van der Waals surface area contributed by atoms with Crippen LogP contribution in [0.4, 0.5) is 0 Å². The summed E-state index contributed by atoms with van der Waals surface area (Å²) in [5.41, 5.74) is 0.0959. The molecule has 3 rings (SSSR count). The molecule has 0 fully saturated rings. The number of nitrogens with zero attached hydrogens (tertiary/aromatic N) is 2. The number of hydroxylamine groups is 1. The number of hydrogen-bond donors (Lipinski definition) is 0. The van der Waals surface area contributed by atoms with Gasteiger partial charge in [0, 0.05) is 12.5 Å². The lowest BCUT2D eigenvalue weighted by molar-refractivity contribution is -0.299. The number of carbonyl (C=O) groups excluding carboxylic acids is 2. The van der Waals surface area contributed by atoms with E-state index in [2.05, 4.69) is 0 Å². The van der Waals surface area contributed by atoms with Crippen molar-refractivity contribution in [2.75, 3.05) is 0 Å². The lowest BCUT2D eigenvalue weighted by Crippen LogP contribution is -2.58. The topological polar surface area (TPSA) is 59.1 Å². The highest BCUT2D eigenvalue weighted by molar-refractivity contribution is 6.00. The first-order valence-electron chi connectivity index (χ1n) is 8.45. The third-order valence-electron chi connectivity index (χ3n) is 3.86. The predicted molar refractivity (Wildman–Crippen MR) is 96.2 cm³/mol. The molecule has 1 heterocycles. The van der Waals surface area contributed by atoms with Crippen LogP contribution in [-0.4, -0.2) is 33.8 Å². The summed E-state index contributed by atoms with van der Waals surface area (Å²) in [6, 6.07) is 15.7. The van der Waals surface area contributed by atoms with E-state index in [0.29, 0.717) is 16.9 Å². The minimum absolute atomic E-state index is 0.335. The number of amides is 2. The predicted octanol–water partition coefficient (Wildman–Crippen LogP) is 3.65. The van der Waals surface area contributed by atoms with E-state index < -0.39 is 17.7 Å². The standard InChI is InChI=1S/C20H22N2O4/c1-14-25-17-13-9-8-12-16(17)19(24)22(26-14)21(20(2,3)4)18(23)15-10-6-5-7-11-15/h5-14H,1-4H3. The molecule has 0 spiro atoms. The van der Waals surface area contributed by atoms with Crippen LogP contribution < -0.4 is 4.74 Å². The Labute approximate surface area is 152 Å². The van der Waals surface area contributed by atoms with Gasteiger partial charge in [-0.1, -0.05) is 30.3 Å². The summed E-state index contributed by atoms with van der Waals surface area (Å²) >= 11 is 0. The smallest absolute Gasteiger partial charge is 0.301 e. The lowest BCUT2D eigenvalue weighted by atomic mass is 10.1. The molecule has 1 unspecified atom stereocenters. The Morgan fingerprint density at radius 3 is 2.31 bits per heavy atom. The van der Waals surface area contributed by atoms with E-state index in [1.807, 2.05) is 26.8 Å². The first kappa shape index (κ1) is 17.9. The van der Waals surface area contributed by atoms with Gasteiger partial charge in [0.25, 0.3) is 5.91 Å². The first-order valence-corrected chi connectivity index (χ1v) is 8.45. The number of benzene rings is 2. The van der Waals surface area contributed by atoms with Crippen LogP contribution in [0, 0.1) is 0 Å². The van der Waals surface area contributed by atoms with Crippen molar-refractivity contribution < 1.29 is 19.2 Å². The number of carbonyl (C=O) groups is 2. The highest BCUT2D eigenvalue weighted by Crippen LogP contribution is 2.30. The zero-order chi connectivity index (χ0) is 18.9. The normalized spacial score (nSPS) is 17.2. The molecular weight excluding hydrogens is 332 g/mol. The Morgan fingerprint density at radius 2 is 1.65 bits per heavy atom. The second-order valence-corrected chi connectivity index (χ2v) is 7.02. The SMILES string of the molecule is CC1Oc2ccccc2C(=O)N(N(C(=O)c2ccccc2)C(C)(C)C)O1. The van der Waals surface area contributed by atoms with Crippen molar-refractivity contribution in [1.82, 2.24) is 10.2 Å². The summed E-state index contributed by atoms with van der Waals surface area (Å²) in [7, 11) is 0. The molecule has 0 aliphatic carbocycles. The monoisotopic (exact) mass is 354 g/mol. The average molecular weight is 354 g/mol. The quantitative estimate of drug-likeness (QED) is 0.826. The van der Waals surface area contributed by atoms with Crippen LogP contribution >= 0.6 is 0 Å². The Morgan fingerprint density at radius 1 is 1.04 bits per heavy atom. The van der Waals surface area contributed by atoms with Gasteiger partial charge in [0.1, 0.15) is 5.75 Å². The van der Waals surface area contributed by atoms with Gasteiger partial charge in [-0.2, -0.15) is 0 Å². The van der Waals surface area contributed by atoms with Gasteiger partial charge in [-0.3, -0.25) is 9.59 Å². The number of ether oxygens (including phenoxy) is 1. The van der Waals surface area contributed by atoms with Crippen molar-refractivity contribution in [2.24, 2.45) is 0 Å². The molecule has 6 heteroatoms. The number of hydrogen-bond acceptors (Lipinski definition) is 4. The fourth-order valence-corrected chi connectivity index (χ4v) is 2.74. The zero-order valence-corrected chi connectivity index (χ0v) is 15.3. The molecular formula is C20H22N2O4. The fourth-order valence-electron chi connectivity index (χ4n) is 2.74. The van der Waals surface area contributed by atoms with Crippen molar-refractivity contribution in [1.29, 1.82) is 0 Å². The van der Waals surface area contributed by atoms with Crippen LogP contribution in [0.25, 0.3) is 0 Å². The molecule has 0 radical (unpaired) electrons. The summed E-state index contributed by atoms with van der Waals surface area (Å²) < 4.78 is 5.68. The molecule has 2 aromatic carbocycles. The van der Waals surface area contributed by atoms with Gasteiger partial charge in [-0.05, 0) is 45.0 Å². The third kappa shape index (κ3) is 3.41. The Hall–Kier alpha value is -2.86. The van der Waals surface area contributed by atoms with Crippen molar-refractivity contribution in [3.8, 4) is 5.75 Å². The minimum atomic E-state index is -0.740. The van der Waals surface area contributed by atoms with E-state index >= 15 is 0 Å². The molecule has 1 atom stereocenters. The molecule has 0 saturated carbocycles. The van der Waals surface area contributed by atoms with Gasteiger partial charge in [0.15, 0.2) is 0 Å². The second kappa shape index (κ2) is 6.80. The number of fused-ring (bicyclic) bond motifs is 1. The number of rotatable bonds is 2. The summed E-state index contributed by atoms with van der Waals surface area (Å²) in [6.45, 7) is 7.20. The largest absolute Gasteiger partial charge is 0.462 e. The van der Waals surface area contributed by atoms with Gasteiger partial charge in [-0.25, -0.2) is 9.85 Å². The summed E-state index contributed by atoms with van der Waals surface area (Å²) in [6.07, 6.45) is -0.740. The molecule has 1 aliphatic heterocycles. The maximum atomic E-state index is 13.2. The van der Waals surface area contributed by atoms with Gasteiger partial charge in [0.05, 0.1) is 11.1 Å². The highest BCUT2D eigenvalue weighted by Gasteiger charge is 2.40. The summed E-state index contributed by atoms with van der Waals surface area (Å²) in [4.78, 5) is 32.0. The molecule has 136 valence electrons. The van der Waals surface area contributed by atoms with E-state index in [4.69, 9.17) is 9.57 Å². The Bertz CT molecular complexity index is 814. The van der Waals surface area contributed by atoms with Crippen molar-refractivity contribution in [2.45, 2.75) is 39.5 Å². The van der Waals surface area contributed by atoms with Gasteiger partial charge >= 0.3 is 5.91 Å². The summed E-state index contributed by atoms with van der Waals surface area (Å²) in [5.74, 6) is -0.365. The molecule has 26 heavy (non-hydrogen) atoms. The first-order chi connectivity index (χ1) is 12.3.